The molecular formula is C19H16BrN3O4. The lowest BCUT2D eigenvalue weighted by Crippen LogP contribution is -2.35. The lowest BCUT2D eigenvalue weighted by Gasteiger charge is -2.23. The summed E-state index contributed by atoms with van der Waals surface area (Å²) in [6, 6.07) is 12.7. The zero-order chi connectivity index (χ0) is 19.0. The zero-order valence-electron chi connectivity index (χ0n) is 14.4. The predicted molar refractivity (Wildman–Crippen MR) is 103 cm³/mol. The zero-order valence-corrected chi connectivity index (χ0v) is 16.0. The summed E-state index contributed by atoms with van der Waals surface area (Å²) in [7, 11) is 0. The molecule has 1 N–H and O–H groups in total. The predicted octanol–water partition coefficient (Wildman–Crippen LogP) is 4.58. The van der Waals surface area contributed by atoms with Crippen LogP contribution in [0.2, 0.25) is 0 Å². The highest BCUT2D eigenvalue weighted by molar-refractivity contribution is 9.10. The van der Waals surface area contributed by atoms with E-state index in [2.05, 4.69) is 26.2 Å². The third-order valence-corrected chi connectivity index (χ3v) is 4.81. The van der Waals surface area contributed by atoms with E-state index in [0.29, 0.717) is 23.4 Å². The second-order valence-corrected chi connectivity index (χ2v) is 6.90. The largest absolute Gasteiger partial charge is 0.493 e. The Hall–Kier alpha value is -2.87. The van der Waals surface area contributed by atoms with Crippen LogP contribution in [0.3, 0.4) is 0 Å². The number of hydrogen-bond donors (Lipinski definition) is 1. The number of ether oxygens (including phenoxy) is 2. The maximum Gasteiger partial charge on any atom is 0.308 e. The highest BCUT2D eigenvalue weighted by Crippen LogP contribution is 2.40. The first-order valence-electron chi connectivity index (χ1n) is 8.43. The van der Waals surface area contributed by atoms with Gasteiger partial charge in [0, 0.05) is 16.4 Å². The van der Waals surface area contributed by atoms with Crippen molar-refractivity contribution in [2.24, 2.45) is 10.2 Å². The molecule has 0 aliphatic carbocycles. The molecule has 3 aromatic rings. The highest BCUT2D eigenvalue weighted by atomic mass is 79.9. The third-order valence-electron chi connectivity index (χ3n) is 4.32. The van der Waals surface area contributed by atoms with Crippen LogP contribution in [-0.2, 0) is 11.3 Å². The van der Waals surface area contributed by atoms with Crippen LogP contribution >= 0.6 is 15.9 Å². The minimum absolute atomic E-state index is 0.0340. The van der Waals surface area contributed by atoms with E-state index in [0.717, 1.165) is 9.99 Å². The van der Waals surface area contributed by atoms with E-state index in [1.54, 1.807) is 22.8 Å². The summed E-state index contributed by atoms with van der Waals surface area (Å²) in [5.41, 5.74) is 1.06. The number of rotatable bonds is 3. The van der Waals surface area contributed by atoms with Crippen LogP contribution in [0.25, 0.3) is 10.9 Å². The smallest absolute Gasteiger partial charge is 0.308 e. The number of carbonyl (C=O) groups is 1. The Morgan fingerprint density at radius 1 is 1.30 bits per heavy atom. The van der Waals surface area contributed by atoms with E-state index in [9.17, 15) is 9.90 Å². The van der Waals surface area contributed by atoms with Crippen LogP contribution in [0.15, 0.2) is 57.2 Å². The average molecular weight is 430 g/mol. The lowest BCUT2D eigenvalue weighted by molar-refractivity contribution is -0.127. The molecule has 2 heterocycles. The molecule has 138 valence electrons. The van der Waals surface area contributed by atoms with Crippen LogP contribution in [0.1, 0.15) is 6.92 Å². The molecule has 7 nitrogen and oxygen atoms in total. The monoisotopic (exact) mass is 429 g/mol. The Kier molecular flexibility index (Phi) is 4.57. The lowest BCUT2D eigenvalue weighted by atomic mass is 10.2. The van der Waals surface area contributed by atoms with Crippen molar-refractivity contribution in [3.8, 4) is 17.4 Å². The van der Waals surface area contributed by atoms with E-state index in [-0.39, 0.29) is 18.2 Å². The number of carbonyl (C=O) groups excluding carboxylic acids is 1. The second kappa shape index (κ2) is 7.03. The average Bonchev–Trinajstić information content (AvgIpc) is 2.95. The van der Waals surface area contributed by atoms with E-state index in [4.69, 9.17) is 9.47 Å². The third kappa shape index (κ3) is 3.16. The Labute approximate surface area is 163 Å². The molecule has 27 heavy (non-hydrogen) atoms. The molecule has 8 heteroatoms. The Balaban J connectivity index is 1.63. The maximum atomic E-state index is 12.4. The Bertz CT molecular complexity index is 1060. The van der Waals surface area contributed by atoms with Gasteiger partial charge >= 0.3 is 5.91 Å². The molecule has 1 aliphatic rings. The number of hydrogen-bond acceptors (Lipinski definition) is 5. The normalized spacial score (nSPS) is 16.1. The number of aromatic hydroxyl groups is 1. The van der Waals surface area contributed by atoms with Gasteiger partial charge in [0.05, 0.1) is 5.52 Å². The molecule has 1 aromatic heterocycles. The van der Waals surface area contributed by atoms with E-state index < -0.39 is 12.0 Å². The van der Waals surface area contributed by atoms with Gasteiger partial charge in [0.15, 0.2) is 17.2 Å². The van der Waals surface area contributed by atoms with Crippen molar-refractivity contribution in [1.82, 2.24) is 4.57 Å². The van der Waals surface area contributed by atoms with Gasteiger partial charge in [-0.05, 0) is 37.3 Å². The number of fused-ring (bicyclic) bond motifs is 2. The molecule has 2 aromatic carbocycles. The SMILES string of the molecule is CCn1c(O)c(N=NC(=O)C2COc3ccccc3O2)c2cc(Br)ccc21. The number of aromatic nitrogens is 1. The van der Waals surface area contributed by atoms with E-state index in [1.165, 1.54) is 0 Å². The van der Waals surface area contributed by atoms with Crippen LogP contribution < -0.4 is 9.47 Å². The summed E-state index contributed by atoms with van der Waals surface area (Å²) in [6.45, 7) is 2.53. The summed E-state index contributed by atoms with van der Waals surface area (Å²) >= 11 is 3.41. The first-order chi connectivity index (χ1) is 13.1. The summed E-state index contributed by atoms with van der Waals surface area (Å²) < 4.78 is 13.7. The van der Waals surface area contributed by atoms with E-state index >= 15 is 0 Å². The Morgan fingerprint density at radius 2 is 2.07 bits per heavy atom. The van der Waals surface area contributed by atoms with Crippen LogP contribution in [-0.4, -0.2) is 28.3 Å². The first-order valence-corrected chi connectivity index (χ1v) is 9.22. The quantitative estimate of drug-likeness (QED) is 0.617. The molecule has 0 fully saturated rings. The number of nitrogens with zero attached hydrogens (tertiary/aromatic N) is 3. The molecule has 1 amide bonds. The van der Waals surface area contributed by atoms with Gasteiger partial charge in [-0.3, -0.25) is 4.79 Å². The number of amides is 1. The van der Waals surface area contributed by atoms with E-state index in [1.807, 2.05) is 31.2 Å². The molecule has 0 spiro atoms. The van der Waals surface area contributed by atoms with Gasteiger partial charge in [-0.15, -0.1) is 10.2 Å². The molecule has 1 aliphatic heterocycles. The minimum Gasteiger partial charge on any atom is -0.493 e. The number of aryl methyl sites for hydroxylation is 1. The van der Waals surface area contributed by atoms with Crippen molar-refractivity contribution in [2.75, 3.05) is 6.61 Å². The van der Waals surface area contributed by atoms with Gasteiger partial charge in [-0.1, -0.05) is 28.1 Å². The molecule has 4 rings (SSSR count). The molecule has 1 atom stereocenters. The van der Waals surface area contributed by atoms with Gasteiger partial charge in [-0.25, -0.2) is 0 Å². The van der Waals surface area contributed by atoms with Gasteiger partial charge in [0.1, 0.15) is 6.61 Å². The topological polar surface area (TPSA) is 85.4 Å². The second-order valence-electron chi connectivity index (χ2n) is 5.98. The van der Waals surface area contributed by atoms with Gasteiger partial charge in [0.2, 0.25) is 12.0 Å². The van der Waals surface area contributed by atoms with Crippen molar-refractivity contribution in [3.63, 3.8) is 0 Å². The number of para-hydroxylation sites is 2. The van der Waals surface area contributed by atoms with Crippen molar-refractivity contribution >= 4 is 38.4 Å². The van der Waals surface area contributed by atoms with Crippen molar-refractivity contribution in [1.29, 1.82) is 0 Å². The molecule has 0 bridgehead atoms. The fourth-order valence-corrected chi connectivity index (χ4v) is 3.38. The van der Waals surface area contributed by atoms with Crippen LogP contribution in [0.5, 0.6) is 17.4 Å². The standard InChI is InChI=1S/C19H16BrN3O4/c1-2-23-13-8-7-11(20)9-12(13)17(19(23)25)21-22-18(24)16-10-26-14-5-3-4-6-15(14)27-16/h3-9,16,25H,2,10H2,1H3. The van der Waals surface area contributed by atoms with Crippen molar-refractivity contribution in [3.05, 3.63) is 46.9 Å². The summed E-state index contributed by atoms with van der Waals surface area (Å²) in [5, 5.41) is 19.0. The molecular weight excluding hydrogens is 414 g/mol. The molecule has 0 radical (unpaired) electrons. The first kappa shape index (κ1) is 17.5. The molecule has 0 saturated carbocycles. The van der Waals surface area contributed by atoms with Crippen molar-refractivity contribution < 1.29 is 19.4 Å². The van der Waals surface area contributed by atoms with Gasteiger partial charge in [0.25, 0.3) is 0 Å². The number of azo groups is 1. The highest BCUT2D eigenvalue weighted by Gasteiger charge is 2.27. The fourth-order valence-electron chi connectivity index (χ4n) is 3.02. The van der Waals surface area contributed by atoms with Crippen LogP contribution in [0.4, 0.5) is 5.69 Å². The van der Waals surface area contributed by atoms with Crippen molar-refractivity contribution in [2.45, 2.75) is 19.6 Å². The number of halogens is 1. The summed E-state index contributed by atoms with van der Waals surface area (Å²) in [6.07, 6.45) is -0.878. The fraction of sp³-hybridized carbons (Fsp3) is 0.211. The van der Waals surface area contributed by atoms with Gasteiger partial charge < -0.3 is 19.1 Å². The molecule has 1 unspecified atom stereocenters. The summed E-state index contributed by atoms with van der Waals surface area (Å²) in [5.74, 6) is 0.475. The summed E-state index contributed by atoms with van der Waals surface area (Å²) in [4.78, 5) is 12.4. The Morgan fingerprint density at radius 3 is 2.85 bits per heavy atom. The maximum absolute atomic E-state index is 12.4. The van der Waals surface area contributed by atoms with Crippen LogP contribution in [0, 0.1) is 0 Å². The molecule has 0 saturated heterocycles. The van der Waals surface area contributed by atoms with Gasteiger partial charge in [-0.2, -0.15) is 0 Å². The minimum atomic E-state index is -0.878. The number of benzene rings is 2.